The summed E-state index contributed by atoms with van der Waals surface area (Å²) < 4.78 is 17.2. The highest BCUT2D eigenvalue weighted by Crippen LogP contribution is 2.48. The maximum atomic E-state index is 13.3. The Morgan fingerprint density at radius 1 is 1.00 bits per heavy atom. The smallest absolute Gasteiger partial charge is 0.342 e. The first kappa shape index (κ1) is 24.8. The Hall–Kier alpha value is -3.87. The highest BCUT2D eigenvalue weighted by atomic mass is 16.5. The summed E-state index contributed by atoms with van der Waals surface area (Å²) in [5, 5.41) is 11.5. The predicted octanol–water partition coefficient (Wildman–Crippen LogP) is 5.74. The molecule has 0 bridgehead atoms. The van der Waals surface area contributed by atoms with E-state index in [0.717, 1.165) is 16.9 Å². The lowest BCUT2D eigenvalue weighted by molar-refractivity contribution is -0.135. The number of cyclic esters (lactones) is 1. The minimum atomic E-state index is -0.647. The maximum absolute atomic E-state index is 13.3. The summed E-state index contributed by atoms with van der Waals surface area (Å²) in [6.45, 7) is 2.04. The van der Waals surface area contributed by atoms with Crippen LogP contribution in [0.25, 0.3) is 12.2 Å². The lowest BCUT2D eigenvalue weighted by atomic mass is 9.82. The molecule has 0 saturated carbocycles. The molecule has 7 nitrogen and oxygen atoms in total. The van der Waals surface area contributed by atoms with Crippen LogP contribution in [0.5, 0.6) is 17.2 Å². The van der Waals surface area contributed by atoms with Gasteiger partial charge in [0.15, 0.2) is 0 Å². The van der Waals surface area contributed by atoms with E-state index in [-0.39, 0.29) is 35.9 Å². The zero-order valence-corrected chi connectivity index (χ0v) is 20.8. The van der Waals surface area contributed by atoms with Crippen molar-refractivity contribution in [3.05, 3.63) is 64.2 Å². The van der Waals surface area contributed by atoms with E-state index in [9.17, 15) is 19.5 Å². The highest BCUT2D eigenvalue weighted by Gasteiger charge is 2.37. The van der Waals surface area contributed by atoms with Crippen LogP contribution >= 0.6 is 0 Å². The van der Waals surface area contributed by atoms with Gasteiger partial charge in [0.05, 0.1) is 12.5 Å². The van der Waals surface area contributed by atoms with E-state index in [2.05, 4.69) is 0 Å². The number of hydrogen-bond acceptors (Lipinski definition) is 7. The van der Waals surface area contributed by atoms with Gasteiger partial charge in [0, 0.05) is 29.9 Å². The predicted molar refractivity (Wildman–Crippen MR) is 138 cm³/mol. The summed E-state index contributed by atoms with van der Waals surface area (Å²) in [5.41, 5.74) is 2.55. The van der Waals surface area contributed by atoms with E-state index in [4.69, 9.17) is 14.2 Å². The second-order valence-electron chi connectivity index (χ2n) is 9.82. The molecule has 1 N–H and O–H groups in total. The molecule has 192 valence electrons. The molecule has 0 aliphatic carbocycles. The Labute approximate surface area is 215 Å². The molecular weight excluding hydrogens is 472 g/mol. The number of hydrogen-bond donors (Lipinski definition) is 1. The van der Waals surface area contributed by atoms with E-state index >= 15 is 0 Å². The third kappa shape index (κ3) is 5.31. The van der Waals surface area contributed by atoms with E-state index < -0.39 is 24.0 Å². The summed E-state index contributed by atoms with van der Waals surface area (Å²) in [6.07, 6.45) is 8.65. The molecule has 0 saturated heterocycles. The maximum Gasteiger partial charge on any atom is 0.342 e. The molecule has 2 atom stereocenters. The molecule has 37 heavy (non-hydrogen) atoms. The van der Waals surface area contributed by atoms with Gasteiger partial charge >= 0.3 is 11.9 Å². The van der Waals surface area contributed by atoms with Gasteiger partial charge in [-0.15, -0.1) is 0 Å². The third-order valence-corrected chi connectivity index (χ3v) is 7.08. The van der Waals surface area contributed by atoms with Crippen molar-refractivity contribution < 1.29 is 33.7 Å². The molecule has 3 aliphatic rings. The zero-order chi connectivity index (χ0) is 25.9. The van der Waals surface area contributed by atoms with E-state index in [1.165, 1.54) is 0 Å². The number of para-hydroxylation sites is 1. The second-order valence-corrected chi connectivity index (χ2v) is 9.82. The summed E-state index contributed by atoms with van der Waals surface area (Å²) in [7, 11) is 0. The van der Waals surface area contributed by atoms with Gasteiger partial charge in [-0.3, -0.25) is 9.59 Å². The Morgan fingerprint density at radius 3 is 2.68 bits per heavy atom. The van der Waals surface area contributed by atoms with Crippen molar-refractivity contribution in [3.63, 3.8) is 0 Å². The molecule has 5 rings (SSSR count). The third-order valence-electron chi connectivity index (χ3n) is 7.08. The van der Waals surface area contributed by atoms with Crippen LogP contribution in [0.2, 0.25) is 0 Å². The van der Waals surface area contributed by atoms with Crippen LogP contribution in [0, 0.1) is 0 Å². The zero-order valence-electron chi connectivity index (χ0n) is 20.8. The van der Waals surface area contributed by atoms with Crippen LogP contribution in [0.4, 0.5) is 0 Å². The minimum Gasteiger partial charge on any atom is -0.507 e. The van der Waals surface area contributed by atoms with Gasteiger partial charge in [-0.05, 0) is 62.0 Å². The molecule has 0 fully saturated rings. The molecule has 0 amide bonds. The number of aromatic hydroxyl groups is 1. The number of benzene rings is 2. The Bertz CT molecular complexity index is 1300. The van der Waals surface area contributed by atoms with Crippen LogP contribution in [0.1, 0.15) is 84.8 Å². The van der Waals surface area contributed by atoms with Crippen molar-refractivity contribution in [1.29, 1.82) is 0 Å². The van der Waals surface area contributed by atoms with Crippen LogP contribution in [-0.4, -0.2) is 35.5 Å². The van der Waals surface area contributed by atoms with Gasteiger partial charge in [0.2, 0.25) is 0 Å². The number of ether oxygens (including phenoxy) is 3. The first-order valence-electron chi connectivity index (χ1n) is 12.8. The number of carbonyl (C=O) groups is 3. The van der Waals surface area contributed by atoms with Crippen molar-refractivity contribution in [2.24, 2.45) is 0 Å². The van der Waals surface area contributed by atoms with Crippen molar-refractivity contribution in [2.75, 3.05) is 6.61 Å². The number of phenolic OH excluding ortho intramolecular Hbond substituents is 1. The van der Waals surface area contributed by atoms with Gasteiger partial charge in [-0.2, -0.15) is 0 Å². The molecule has 2 aromatic carbocycles. The first-order chi connectivity index (χ1) is 17.9. The standard InChI is InChI=1S/C30H30O7/c1-18-8-7-12-22(31)11-4-2-3-10-20-15-25-28(29(33)27(20)30(34)36-18)23(16-26(32)37-25)21-14-19-9-5-6-13-24(19)35-17-21/h3,5-6,9-10,13-15,18,23,33H,2,4,7-8,11-12,16-17H2,1H3/b10-3+. The molecule has 7 heteroatoms. The largest absolute Gasteiger partial charge is 0.507 e. The number of allylic oxidation sites excluding steroid dienone is 1. The number of rotatable bonds is 1. The summed E-state index contributed by atoms with van der Waals surface area (Å²) >= 11 is 0. The number of esters is 2. The Balaban J connectivity index is 1.58. The van der Waals surface area contributed by atoms with E-state index in [1.807, 2.05) is 36.4 Å². The van der Waals surface area contributed by atoms with Crippen molar-refractivity contribution in [3.8, 4) is 17.2 Å². The molecule has 0 spiro atoms. The normalized spacial score (nSPS) is 23.2. The number of fused-ring (bicyclic) bond motifs is 3. The van der Waals surface area contributed by atoms with Gasteiger partial charge < -0.3 is 19.3 Å². The summed E-state index contributed by atoms with van der Waals surface area (Å²) in [6, 6.07) is 9.23. The number of carbonyl (C=O) groups excluding carboxylic acids is 3. The van der Waals surface area contributed by atoms with Gasteiger partial charge in [-0.1, -0.05) is 30.4 Å². The van der Waals surface area contributed by atoms with E-state index in [1.54, 1.807) is 19.1 Å². The van der Waals surface area contributed by atoms with Crippen LogP contribution < -0.4 is 9.47 Å². The minimum absolute atomic E-state index is 0.0199. The quantitative estimate of drug-likeness (QED) is 0.392. The topological polar surface area (TPSA) is 99.1 Å². The number of ketones is 1. The average molecular weight is 503 g/mol. The number of phenols is 1. The van der Waals surface area contributed by atoms with Crippen molar-refractivity contribution in [1.82, 2.24) is 0 Å². The van der Waals surface area contributed by atoms with Crippen molar-refractivity contribution >= 4 is 29.9 Å². The molecule has 2 aromatic rings. The lowest BCUT2D eigenvalue weighted by Gasteiger charge is -2.30. The SMILES string of the molecule is CC1CCCC(=O)CCC/C=C/c2cc3c(c(O)c2C(=O)O1)C(C1=Cc2ccccc2OC1)CC(=O)O3. The van der Waals surface area contributed by atoms with Gasteiger partial charge in [-0.25, -0.2) is 4.79 Å². The molecule has 0 radical (unpaired) electrons. The molecular formula is C30H30O7. The summed E-state index contributed by atoms with van der Waals surface area (Å²) in [4.78, 5) is 38.0. The van der Waals surface area contributed by atoms with Gasteiger partial charge in [0.25, 0.3) is 0 Å². The molecule has 3 aliphatic heterocycles. The molecule has 3 heterocycles. The average Bonchev–Trinajstić information content (AvgIpc) is 2.87. The fourth-order valence-electron chi connectivity index (χ4n) is 5.17. The van der Waals surface area contributed by atoms with Crippen LogP contribution in [0.3, 0.4) is 0 Å². The van der Waals surface area contributed by atoms with Gasteiger partial charge in [0.1, 0.15) is 35.2 Å². The summed E-state index contributed by atoms with van der Waals surface area (Å²) in [5.74, 6) is -0.640. The van der Waals surface area contributed by atoms with Crippen LogP contribution in [-0.2, 0) is 14.3 Å². The Kier molecular flexibility index (Phi) is 7.12. The Morgan fingerprint density at radius 2 is 1.81 bits per heavy atom. The van der Waals surface area contributed by atoms with Crippen LogP contribution in [0.15, 0.2) is 42.0 Å². The monoisotopic (exact) mass is 502 g/mol. The lowest BCUT2D eigenvalue weighted by Crippen LogP contribution is -2.26. The highest BCUT2D eigenvalue weighted by molar-refractivity contribution is 5.98. The molecule has 2 unspecified atom stereocenters. The van der Waals surface area contributed by atoms with E-state index in [0.29, 0.717) is 49.7 Å². The fourth-order valence-corrected chi connectivity index (χ4v) is 5.17. The second kappa shape index (κ2) is 10.6. The number of Topliss-reactive ketones (excluding diaryl/α,β-unsaturated/α-hetero) is 1. The van der Waals surface area contributed by atoms with Crippen molar-refractivity contribution in [2.45, 2.75) is 63.9 Å². The fraction of sp³-hybridized carbons (Fsp3) is 0.367. The molecule has 0 aromatic heterocycles. The first-order valence-corrected chi connectivity index (χ1v) is 12.8.